The number of piperazine rings is 1. The summed E-state index contributed by atoms with van der Waals surface area (Å²) in [6.07, 6.45) is -0.701. The molecule has 0 unspecified atom stereocenters. The summed E-state index contributed by atoms with van der Waals surface area (Å²) in [6, 6.07) is 3.08. The van der Waals surface area contributed by atoms with Crippen molar-refractivity contribution < 1.29 is 56.4 Å². The number of rotatable bonds is 12. The zero-order valence-electron chi connectivity index (χ0n) is 25.8. The lowest BCUT2D eigenvalue weighted by atomic mass is 10.1. The van der Waals surface area contributed by atoms with Crippen LogP contribution >= 0.6 is 0 Å². The highest BCUT2D eigenvalue weighted by atomic mass is 19.3. The molecule has 1 aromatic carbocycles. The maximum Gasteiger partial charge on any atom is 0.409 e. The molecule has 248 valence electrons. The average molecular weight is 641 g/mol. The highest BCUT2D eigenvalue weighted by molar-refractivity contribution is 5.94. The lowest BCUT2D eigenvalue weighted by Gasteiger charge is -2.33. The summed E-state index contributed by atoms with van der Waals surface area (Å²) in [5, 5.41) is 11.5. The van der Waals surface area contributed by atoms with E-state index in [0.29, 0.717) is 12.8 Å². The van der Waals surface area contributed by atoms with Crippen molar-refractivity contribution in [3.8, 4) is 23.0 Å². The lowest BCUT2D eigenvalue weighted by molar-refractivity contribution is -0.137. The Kier molecular flexibility index (Phi) is 11.9. The van der Waals surface area contributed by atoms with Gasteiger partial charge in [-0.05, 0) is 58.7 Å². The topological polar surface area (TPSA) is 170 Å². The fourth-order valence-corrected chi connectivity index (χ4v) is 4.33. The predicted octanol–water partition coefficient (Wildman–Crippen LogP) is 4.69. The Balaban J connectivity index is 1.93. The fourth-order valence-electron chi connectivity index (χ4n) is 4.33. The van der Waals surface area contributed by atoms with Crippen LogP contribution in [0.25, 0.3) is 11.5 Å². The van der Waals surface area contributed by atoms with E-state index < -0.39 is 42.3 Å². The predicted molar refractivity (Wildman–Crippen MR) is 153 cm³/mol. The van der Waals surface area contributed by atoms with Crippen molar-refractivity contribution in [2.45, 2.75) is 65.2 Å². The van der Waals surface area contributed by atoms with Crippen molar-refractivity contribution in [2.75, 3.05) is 39.9 Å². The van der Waals surface area contributed by atoms with Crippen molar-refractivity contribution in [2.24, 2.45) is 0 Å². The normalized spacial score (nSPS) is 14.1. The molecule has 2 aromatic rings. The van der Waals surface area contributed by atoms with Crippen LogP contribution in [-0.4, -0.2) is 96.1 Å². The molecule has 0 saturated carbocycles. The molecule has 45 heavy (non-hydrogen) atoms. The molecule has 0 spiro atoms. The van der Waals surface area contributed by atoms with E-state index in [1.807, 2.05) is 0 Å². The molecule has 1 atom stereocenters. The number of hydrogen-bond donors (Lipinski definition) is 2. The van der Waals surface area contributed by atoms with Crippen molar-refractivity contribution in [1.82, 2.24) is 20.1 Å². The van der Waals surface area contributed by atoms with E-state index in [1.54, 1.807) is 27.7 Å². The van der Waals surface area contributed by atoms with E-state index in [-0.39, 0.29) is 73.6 Å². The number of aliphatic carboxylic acids is 1. The van der Waals surface area contributed by atoms with Crippen LogP contribution in [-0.2, 0) is 14.3 Å². The number of alkyl carbamates (subject to hydrolysis) is 1. The third kappa shape index (κ3) is 10.2. The Hall–Kier alpha value is -4.63. The molecule has 1 aliphatic rings. The van der Waals surface area contributed by atoms with Crippen molar-refractivity contribution in [1.29, 1.82) is 0 Å². The number of hydrogen-bond acceptors (Lipinski definition) is 10. The maximum atomic E-state index is 13.7. The second-order valence-electron chi connectivity index (χ2n) is 11.1. The number of carbonyl (C=O) groups excluding carboxylic acids is 3. The Labute approximate surface area is 258 Å². The zero-order valence-corrected chi connectivity index (χ0v) is 25.8. The molecule has 3 amide bonds. The summed E-state index contributed by atoms with van der Waals surface area (Å²) < 4.78 is 52.4. The molecule has 1 aromatic heterocycles. The summed E-state index contributed by atoms with van der Waals surface area (Å²) in [6.45, 7) is 4.36. The number of aromatic nitrogens is 1. The molecule has 2 N–H and O–H groups in total. The van der Waals surface area contributed by atoms with Gasteiger partial charge in [-0.15, -0.1) is 0 Å². The number of carboxylic acid groups (broad SMARTS) is 1. The van der Waals surface area contributed by atoms with Gasteiger partial charge in [0.25, 0.3) is 5.91 Å². The smallest absolute Gasteiger partial charge is 0.409 e. The Morgan fingerprint density at radius 3 is 2.33 bits per heavy atom. The molecule has 14 nitrogen and oxygen atoms in total. The minimum absolute atomic E-state index is 0.0142. The van der Waals surface area contributed by atoms with Gasteiger partial charge >= 0.3 is 24.8 Å². The lowest BCUT2D eigenvalue weighted by Crippen LogP contribution is -2.50. The molecule has 2 heterocycles. The summed E-state index contributed by atoms with van der Waals surface area (Å²) in [7, 11) is 1.27. The number of nitrogens with zero attached hydrogens (tertiary/aromatic N) is 3. The molecular weight excluding hydrogens is 602 g/mol. The third-order valence-electron chi connectivity index (χ3n) is 6.43. The Morgan fingerprint density at radius 2 is 1.73 bits per heavy atom. The first kappa shape index (κ1) is 34.9. The van der Waals surface area contributed by atoms with Crippen molar-refractivity contribution >= 4 is 24.1 Å². The van der Waals surface area contributed by atoms with E-state index >= 15 is 0 Å². The standard InChI is InChI=1S/C29H38F2N4O10/c1-17(32-27(39)45-29(2,3)4)23-22(25(38)34-11-13-35(14-12-34)28(40)41-5)33-24(44-23)18-9-10-19(43-26(30)31)20(16-18)42-15-7-6-8-21(36)37/h9-10,16-17,26H,6-8,11-15H2,1-5H3,(H,32,39)(H,36,37)/t17-/m0/s1. The van der Waals surface area contributed by atoms with Crippen LogP contribution in [0.4, 0.5) is 18.4 Å². The van der Waals surface area contributed by atoms with Crippen LogP contribution in [0.15, 0.2) is 22.6 Å². The third-order valence-corrected chi connectivity index (χ3v) is 6.43. The maximum absolute atomic E-state index is 13.7. The van der Waals surface area contributed by atoms with Crippen LogP contribution < -0.4 is 14.8 Å². The van der Waals surface area contributed by atoms with Gasteiger partial charge < -0.3 is 43.6 Å². The van der Waals surface area contributed by atoms with Gasteiger partial charge in [-0.2, -0.15) is 8.78 Å². The monoisotopic (exact) mass is 640 g/mol. The van der Waals surface area contributed by atoms with Gasteiger partial charge in [-0.3, -0.25) is 9.59 Å². The number of alkyl halides is 2. The molecular formula is C29H38F2N4O10. The van der Waals surface area contributed by atoms with Gasteiger partial charge in [0.05, 0.1) is 19.8 Å². The highest BCUT2D eigenvalue weighted by Crippen LogP contribution is 2.35. The number of carboxylic acids is 1. The second-order valence-corrected chi connectivity index (χ2v) is 11.1. The van der Waals surface area contributed by atoms with E-state index in [2.05, 4.69) is 15.0 Å². The van der Waals surface area contributed by atoms with Crippen LogP contribution in [0, 0.1) is 0 Å². The van der Waals surface area contributed by atoms with Crippen LogP contribution in [0.3, 0.4) is 0 Å². The number of halogens is 2. The van der Waals surface area contributed by atoms with E-state index in [9.17, 15) is 28.0 Å². The molecule has 0 bridgehead atoms. The number of benzene rings is 1. The first-order valence-corrected chi connectivity index (χ1v) is 14.2. The first-order valence-electron chi connectivity index (χ1n) is 14.2. The molecule has 1 fully saturated rings. The van der Waals surface area contributed by atoms with Crippen molar-refractivity contribution in [3.05, 3.63) is 29.7 Å². The Morgan fingerprint density at radius 1 is 1.07 bits per heavy atom. The van der Waals surface area contributed by atoms with Gasteiger partial charge in [0.2, 0.25) is 5.89 Å². The molecule has 1 saturated heterocycles. The van der Waals surface area contributed by atoms with Gasteiger partial charge in [0.15, 0.2) is 23.0 Å². The molecule has 16 heteroatoms. The quantitative estimate of drug-likeness (QED) is 0.309. The number of methoxy groups -OCH3 is 1. The minimum Gasteiger partial charge on any atom is -0.490 e. The van der Waals surface area contributed by atoms with E-state index in [0.717, 1.165) is 0 Å². The second kappa shape index (κ2) is 15.4. The Bertz CT molecular complexity index is 1350. The van der Waals surface area contributed by atoms with Crippen LogP contribution in [0.2, 0.25) is 0 Å². The number of carbonyl (C=O) groups is 4. The first-order chi connectivity index (χ1) is 21.2. The fraction of sp³-hybridized carbons (Fsp3) is 0.552. The number of oxazole rings is 1. The summed E-state index contributed by atoms with van der Waals surface area (Å²) in [5.41, 5.74) is -0.651. The van der Waals surface area contributed by atoms with Crippen LogP contribution in [0.1, 0.15) is 69.2 Å². The molecule has 0 aliphatic carbocycles. The highest BCUT2D eigenvalue weighted by Gasteiger charge is 2.33. The largest absolute Gasteiger partial charge is 0.490 e. The van der Waals surface area contributed by atoms with Gasteiger partial charge in [0.1, 0.15) is 5.60 Å². The molecule has 1 aliphatic heterocycles. The number of ether oxygens (including phenoxy) is 4. The van der Waals surface area contributed by atoms with Gasteiger partial charge in [0, 0.05) is 38.2 Å². The van der Waals surface area contributed by atoms with E-state index in [1.165, 1.54) is 35.1 Å². The van der Waals surface area contributed by atoms with Gasteiger partial charge in [-0.1, -0.05) is 0 Å². The molecule has 3 rings (SSSR count). The number of amides is 3. The number of nitrogens with one attached hydrogen (secondary N) is 1. The molecule has 0 radical (unpaired) electrons. The summed E-state index contributed by atoms with van der Waals surface area (Å²) >= 11 is 0. The summed E-state index contributed by atoms with van der Waals surface area (Å²) in [4.78, 5) is 56.2. The van der Waals surface area contributed by atoms with Crippen LogP contribution in [0.5, 0.6) is 11.5 Å². The zero-order chi connectivity index (χ0) is 33.3. The van der Waals surface area contributed by atoms with Gasteiger partial charge in [-0.25, -0.2) is 14.6 Å². The SMILES string of the molecule is COC(=O)N1CCN(C(=O)c2nc(-c3ccc(OC(F)F)c(OCCCCC(=O)O)c3)oc2[C@H](C)NC(=O)OC(C)(C)C)CC1. The number of unbranched alkanes of at least 4 members (excludes halogenated alkanes) is 1. The summed E-state index contributed by atoms with van der Waals surface area (Å²) in [5.74, 6) is -1.88. The van der Waals surface area contributed by atoms with E-state index in [4.69, 9.17) is 23.7 Å². The van der Waals surface area contributed by atoms with Crippen molar-refractivity contribution in [3.63, 3.8) is 0 Å². The minimum atomic E-state index is -3.14. The average Bonchev–Trinajstić information content (AvgIpc) is 3.41.